The first-order chi connectivity index (χ1) is 14.0. The molecule has 0 bridgehead atoms. The van der Waals surface area contributed by atoms with Crippen molar-refractivity contribution in [2.75, 3.05) is 5.32 Å². The van der Waals surface area contributed by atoms with E-state index in [-0.39, 0.29) is 22.8 Å². The SMILES string of the molecule is Cc1cc(NC(=O)c2cc(C(=O)C(=O)NC(C)(C)C(=N)/C=N\N)cn2C)ccc1F. The molecule has 1 aromatic carbocycles. The fraction of sp³-hybridized carbons (Fsp3) is 0.250. The highest BCUT2D eigenvalue weighted by atomic mass is 19.1. The van der Waals surface area contributed by atoms with Crippen molar-refractivity contribution in [2.24, 2.45) is 18.0 Å². The molecule has 5 N–H and O–H groups in total. The molecular formula is C20H23FN6O3. The van der Waals surface area contributed by atoms with Crippen LogP contribution in [0.4, 0.5) is 10.1 Å². The molecule has 0 aliphatic carbocycles. The van der Waals surface area contributed by atoms with Gasteiger partial charge in [-0.05, 0) is 50.6 Å². The lowest BCUT2D eigenvalue weighted by Crippen LogP contribution is -2.52. The Hall–Kier alpha value is -3.82. The second kappa shape index (κ2) is 8.68. The average molecular weight is 414 g/mol. The molecule has 2 aromatic rings. The van der Waals surface area contributed by atoms with Gasteiger partial charge in [-0.1, -0.05) is 0 Å². The molecule has 0 aliphatic heterocycles. The molecule has 0 fully saturated rings. The quantitative estimate of drug-likeness (QED) is 0.180. The highest BCUT2D eigenvalue weighted by molar-refractivity contribution is 6.44. The number of aryl methyl sites for hydroxylation is 2. The van der Waals surface area contributed by atoms with Gasteiger partial charge in [0.2, 0.25) is 0 Å². The van der Waals surface area contributed by atoms with Gasteiger partial charge in [0, 0.05) is 24.5 Å². The van der Waals surface area contributed by atoms with Crippen LogP contribution in [0.2, 0.25) is 0 Å². The fourth-order valence-electron chi connectivity index (χ4n) is 2.61. The number of benzene rings is 1. The summed E-state index contributed by atoms with van der Waals surface area (Å²) in [5.41, 5.74) is -0.354. The Morgan fingerprint density at radius 2 is 1.93 bits per heavy atom. The van der Waals surface area contributed by atoms with Crippen LogP contribution in [0, 0.1) is 18.2 Å². The molecule has 0 radical (unpaired) electrons. The molecule has 0 spiro atoms. The van der Waals surface area contributed by atoms with E-state index in [4.69, 9.17) is 11.3 Å². The lowest BCUT2D eigenvalue weighted by atomic mass is 9.98. The van der Waals surface area contributed by atoms with Crippen molar-refractivity contribution in [3.8, 4) is 0 Å². The van der Waals surface area contributed by atoms with Crippen LogP contribution in [0.5, 0.6) is 0 Å². The lowest BCUT2D eigenvalue weighted by Gasteiger charge is -2.24. The van der Waals surface area contributed by atoms with Crippen LogP contribution in [-0.2, 0) is 11.8 Å². The zero-order valence-corrected chi connectivity index (χ0v) is 17.0. The topological polar surface area (TPSA) is 142 Å². The number of anilines is 1. The third kappa shape index (κ3) is 4.96. The smallest absolute Gasteiger partial charge is 0.293 e. The van der Waals surface area contributed by atoms with Crippen molar-refractivity contribution in [2.45, 2.75) is 26.3 Å². The van der Waals surface area contributed by atoms with Gasteiger partial charge in [0.15, 0.2) is 0 Å². The predicted octanol–water partition coefficient (Wildman–Crippen LogP) is 1.77. The summed E-state index contributed by atoms with van der Waals surface area (Å²) in [5.74, 6) is 2.29. The molecule has 2 amide bonds. The molecule has 2 rings (SSSR count). The maximum absolute atomic E-state index is 13.4. The van der Waals surface area contributed by atoms with Crippen LogP contribution < -0.4 is 16.5 Å². The summed E-state index contributed by atoms with van der Waals surface area (Å²) < 4.78 is 14.8. The zero-order valence-electron chi connectivity index (χ0n) is 17.0. The molecule has 158 valence electrons. The Morgan fingerprint density at radius 1 is 1.27 bits per heavy atom. The van der Waals surface area contributed by atoms with Crippen molar-refractivity contribution in [1.82, 2.24) is 9.88 Å². The summed E-state index contributed by atoms with van der Waals surface area (Å²) in [7, 11) is 1.55. The highest BCUT2D eigenvalue weighted by Crippen LogP contribution is 2.16. The number of Topliss-reactive ketones (excluding diaryl/α,β-unsaturated/α-hetero) is 1. The van der Waals surface area contributed by atoms with Gasteiger partial charge in [-0.2, -0.15) is 5.10 Å². The normalized spacial score (nSPS) is 11.4. The van der Waals surface area contributed by atoms with Gasteiger partial charge in [-0.3, -0.25) is 14.4 Å². The number of amides is 2. The van der Waals surface area contributed by atoms with Gasteiger partial charge in [-0.15, -0.1) is 0 Å². The Kier molecular flexibility index (Phi) is 6.50. The molecular weight excluding hydrogens is 391 g/mol. The largest absolute Gasteiger partial charge is 0.346 e. The number of hydrogen-bond donors (Lipinski definition) is 4. The van der Waals surface area contributed by atoms with Crippen LogP contribution >= 0.6 is 0 Å². The number of rotatable bonds is 7. The van der Waals surface area contributed by atoms with Gasteiger partial charge in [-0.25, -0.2) is 4.39 Å². The Balaban J connectivity index is 2.17. The molecule has 9 nitrogen and oxygen atoms in total. The van der Waals surface area contributed by atoms with Gasteiger partial charge < -0.3 is 26.5 Å². The van der Waals surface area contributed by atoms with E-state index in [0.717, 1.165) is 6.21 Å². The maximum Gasteiger partial charge on any atom is 0.293 e. The molecule has 0 saturated carbocycles. The minimum absolute atomic E-state index is 0.00487. The first kappa shape index (κ1) is 22.5. The Morgan fingerprint density at radius 3 is 2.53 bits per heavy atom. The van der Waals surface area contributed by atoms with Crippen molar-refractivity contribution in [3.63, 3.8) is 0 Å². The van der Waals surface area contributed by atoms with E-state index in [9.17, 15) is 18.8 Å². The van der Waals surface area contributed by atoms with E-state index >= 15 is 0 Å². The van der Waals surface area contributed by atoms with Gasteiger partial charge >= 0.3 is 0 Å². The number of carbonyl (C=O) groups excluding carboxylic acids is 3. The third-order valence-corrected chi connectivity index (χ3v) is 4.42. The lowest BCUT2D eigenvalue weighted by molar-refractivity contribution is -0.117. The summed E-state index contributed by atoms with van der Waals surface area (Å²) in [6.45, 7) is 4.62. The monoisotopic (exact) mass is 414 g/mol. The Bertz CT molecular complexity index is 1050. The first-order valence-electron chi connectivity index (χ1n) is 8.89. The number of nitrogens with two attached hydrogens (primary N) is 1. The molecule has 1 heterocycles. The minimum Gasteiger partial charge on any atom is -0.346 e. The Labute approximate surface area is 172 Å². The minimum atomic E-state index is -1.18. The standard InChI is InChI=1S/C20H23FN6O3/c1-11-7-13(5-6-14(11)21)25-18(29)15-8-12(10-27(15)4)17(28)19(30)26-20(2,3)16(22)9-24-23/h5-10,22H,23H2,1-4H3,(H,25,29)(H,26,30)/b22-16?,24-9-. The van der Waals surface area contributed by atoms with Gasteiger partial charge in [0.25, 0.3) is 17.6 Å². The van der Waals surface area contributed by atoms with Crippen LogP contribution in [-0.4, -0.2) is 39.6 Å². The molecule has 1 aromatic heterocycles. The number of nitrogens with one attached hydrogen (secondary N) is 3. The van der Waals surface area contributed by atoms with Crippen molar-refractivity contribution in [3.05, 3.63) is 53.1 Å². The number of aromatic nitrogens is 1. The van der Waals surface area contributed by atoms with E-state index in [1.807, 2.05) is 0 Å². The highest BCUT2D eigenvalue weighted by Gasteiger charge is 2.29. The molecule has 0 saturated heterocycles. The zero-order chi connectivity index (χ0) is 22.6. The number of ketones is 1. The van der Waals surface area contributed by atoms with Crippen molar-refractivity contribution < 1.29 is 18.8 Å². The van der Waals surface area contributed by atoms with Crippen LogP contribution in [0.1, 0.15) is 40.3 Å². The van der Waals surface area contributed by atoms with E-state index in [1.54, 1.807) is 14.0 Å². The van der Waals surface area contributed by atoms with Crippen molar-refractivity contribution in [1.29, 1.82) is 5.41 Å². The third-order valence-electron chi connectivity index (χ3n) is 4.42. The summed E-state index contributed by atoms with van der Waals surface area (Å²) in [5, 5.41) is 16.1. The number of carbonyl (C=O) groups is 3. The average Bonchev–Trinajstić information content (AvgIpc) is 3.05. The molecule has 30 heavy (non-hydrogen) atoms. The summed E-state index contributed by atoms with van der Waals surface area (Å²) in [4.78, 5) is 37.4. The first-order valence-corrected chi connectivity index (χ1v) is 8.89. The fourth-order valence-corrected chi connectivity index (χ4v) is 2.61. The van der Waals surface area contributed by atoms with Crippen LogP contribution in [0.25, 0.3) is 0 Å². The van der Waals surface area contributed by atoms with E-state index in [1.165, 1.54) is 48.9 Å². The molecule has 0 aliphatic rings. The van der Waals surface area contributed by atoms with Crippen LogP contribution in [0.3, 0.4) is 0 Å². The summed E-state index contributed by atoms with van der Waals surface area (Å²) in [6, 6.07) is 5.43. The summed E-state index contributed by atoms with van der Waals surface area (Å²) in [6.07, 6.45) is 2.42. The van der Waals surface area contributed by atoms with Gasteiger partial charge in [0.1, 0.15) is 11.5 Å². The molecule has 0 atom stereocenters. The number of hydrogen-bond acceptors (Lipinski definition) is 6. The van der Waals surface area contributed by atoms with Crippen molar-refractivity contribution >= 4 is 35.2 Å². The van der Waals surface area contributed by atoms with E-state index in [2.05, 4.69) is 15.7 Å². The predicted molar refractivity (Wildman–Crippen MR) is 111 cm³/mol. The number of nitrogens with zero attached hydrogens (tertiary/aromatic N) is 2. The molecule has 10 heteroatoms. The summed E-state index contributed by atoms with van der Waals surface area (Å²) >= 11 is 0. The second-order valence-electron chi connectivity index (χ2n) is 7.24. The number of hydrazone groups is 1. The van der Waals surface area contributed by atoms with E-state index in [0.29, 0.717) is 11.3 Å². The van der Waals surface area contributed by atoms with Gasteiger partial charge in [0.05, 0.1) is 17.5 Å². The second-order valence-corrected chi connectivity index (χ2v) is 7.24. The van der Waals surface area contributed by atoms with E-state index < -0.39 is 23.1 Å². The number of halogens is 1. The molecule has 0 unspecified atom stereocenters. The van der Waals surface area contributed by atoms with Crippen LogP contribution in [0.15, 0.2) is 35.6 Å². The maximum atomic E-state index is 13.4.